The Hall–Kier alpha value is -2.47. The van der Waals surface area contributed by atoms with Crippen molar-refractivity contribution in [3.05, 3.63) is 71.8 Å². The van der Waals surface area contributed by atoms with Crippen molar-refractivity contribution in [2.75, 3.05) is 19.6 Å². The van der Waals surface area contributed by atoms with Crippen molar-refractivity contribution in [1.29, 1.82) is 0 Å². The second-order valence-electron chi connectivity index (χ2n) is 7.42. The van der Waals surface area contributed by atoms with Gasteiger partial charge in [-0.15, -0.1) is 0 Å². The lowest BCUT2D eigenvalue weighted by Gasteiger charge is -2.36. The summed E-state index contributed by atoms with van der Waals surface area (Å²) in [5.74, 6) is -3.12. The van der Waals surface area contributed by atoms with Gasteiger partial charge in [0, 0.05) is 13.1 Å². The minimum atomic E-state index is -3.26. The third kappa shape index (κ3) is 5.52. The van der Waals surface area contributed by atoms with Gasteiger partial charge in [0.1, 0.15) is 6.10 Å². The van der Waals surface area contributed by atoms with Crippen LogP contribution < -0.4 is 5.32 Å². The number of carbonyl (C=O) groups excluding carboxylic acids is 1. The molecule has 0 aliphatic carbocycles. The Morgan fingerprint density at radius 1 is 1.07 bits per heavy atom. The molecular weight excluding hydrogens is 362 g/mol. The molecule has 0 spiro atoms. The number of nitrogens with zero attached hydrogens (tertiary/aromatic N) is 1. The van der Waals surface area contributed by atoms with Crippen molar-refractivity contribution in [2.45, 2.75) is 31.3 Å². The summed E-state index contributed by atoms with van der Waals surface area (Å²) in [7, 11) is 0. The molecule has 2 N–H and O–H groups in total. The summed E-state index contributed by atoms with van der Waals surface area (Å²) in [6.07, 6.45) is -0.228. The smallest absolute Gasteiger partial charge is 0.317 e. The van der Waals surface area contributed by atoms with Gasteiger partial charge in [-0.05, 0) is 36.3 Å². The van der Waals surface area contributed by atoms with Gasteiger partial charge < -0.3 is 15.3 Å². The first-order valence-electron chi connectivity index (χ1n) is 9.60. The summed E-state index contributed by atoms with van der Waals surface area (Å²) in [5.41, 5.74) is 2.34. The maximum Gasteiger partial charge on any atom is 0.317 e. The van der Waals surface area contributed by atoms with E-state index in [0.29, 0.717) is 6.54 Å². The van der Waals surface area contributed by atoms with Gasteiger partial charge in [-0.1, -0.05) is 60.7 Å². The summed E-state index contributed by atoms with van der Waals surface area (Å²) in [4.78, 5) is 13.5. The number of amides is 2. The number of piperidine rings is 1. The highest BCUT2D eigenvalue weighted by Crippen LogP contribution is 2.27. The molecule has 1 aliphatic heterocycles. The lowest BCUT2D eigenvalue weighted by atomic mass is 9.92. The van der Waals surface area contributed by atoms with Gasteiger partial charge in [0.15, 0.2) is 0 Å². The fourth-order valence-corrected chi connectivity index (χ4v) is 3.56. The zero-order valence-corrected chi connectivity index (χ0v) is 15.7. The van der Waals surface area contributed by atoms with Gasteiger partial charge in [-0.25, -0.2) is 13.6 Å². The largest absolute Gasteiger partial charge is 0.387 e. The highest BCUT2D eigenvalue weighted by Gasteiger charge is 2.45. The fourth-order valence-electron chi connectivity index (χ4n) is 3.56. The molecule has 0 saturated carbocycles. The van der Waals surface area contributed by atoms with E-state index in [1.165, 1.54) is 11.1 Å². The molecule has 1 aliphatic rings. The first kappa shape index (κ1) is 20.3. The van der Waals surface area contributed by atoms with E-state index in [4.69, 9.17) is 0 Å². The van der Waals surface area contributed by atoms with Crippen molar-refractivity contribution >= 4 is 6.03 Å². The van der Waals surface area contributed by atoms with Gasteiger partial charge in [-0.2, -0.15) is 0 Å². The highest BCUT2D eigenvalue weighted by molar-refractivity contribution is 5.74. The summed E-state index contributed by atoms with van der Waals surface area (Å²) >= 11 is 0. The van der Waals surface area contributed by atoms with Crippen LogP contribution in [0.25, 0.3) is 0 Å². The van der Waals surface area contributed by atoms with Crippen molar-refractivity contribution in [3.63, 3.8) is 0 Å². The van der Waals surface area contributed by atoms with E-state index in [1.54, 1.807) is 0 Å². The number of alkyl halides is 2. The molecular formula is C22H26F2N2O2. The number of hydrogen-bond donors (Lipinski definition) is 2. The third-order valence-electron chi connectivity index (χ3n) is 5.13. The van der Waals surface area contributed by atoms with E-state index in [0.717, 1.165) is 17.7 Å². The lowest BCUT2D eigenvalue weighted by Crippen LogP contribution is -2.56. The number of rotatable bonds is 6. The van der Waals surface area contributed by atoms with Gasteiger partial charge in [0.2, 0.25) is 0 Å². The van der Waals surface area contributed by atoms with Crippen LogP contribution in [0, 0.1) is 5.92 Å². The molecule has 2 aromatic rings. The summed E-state index contributed by atoms with van der Waals surface area (Å²) in [6.45, 7) is -0.222. The van der Waals surface area contributed by atoms with Crippen molar-refractivity contribution < 1.29 is 18.7 Å². The zero-order chi connectivity index (χ0) is 20.0. The van der Waals surface area contributed by atoms with Crippen molar-refractivity contribution in [1.82, 2.24) is 10.2 Å². The molecule has 3 rings (SSSR count). The number of benzene rings is 2. The van der Waals surface area contributed by atoms with E-state index >= 15 is 0 Å². The minimum Gasteiger partial charge on any atom is -0.387 e. The predicted octanol–water partition coefficient (Wildman–Crippen LogP) is 3.50. The maximum absolute atomic E-state index is 13.7. The van der Waals surface area contributed by atoms with Crippen LogP contribution in [0.1, 0.15) is 17.5 Å². The van der Waals surface area contributed by atoms with Crippen molar-refractivity contribution in [3.8, 4) is 0 Å². The molecule has 150 valence electrons. The molecule has 0 radical (unpaired) electrons. The Morgan fingerprint density at radius 2 is 1.61 bits per heavy atom. The Kier molecular flexibility index (Phi) is 6.62. The first-order chi connectivity index (χ1) is 13.4. The van der Waals surface area contributed by atoms with Gasteiger partial charge in [0.05, 0.1) is 6.54 Å². The van der Waals surface area contributed by atoms with Crippen LogP contribution in [0.15, 0.2) is 60.7 Å². The van der Waals surface area contributed by atoms with E-state index in [1.807, 2.05) is 60.7 Å². The third-order valence-corrected chi connectivity index (χ3v) is 5.13. The Bertz CT molecular complexity index is 714. The zero-order valence-electron chi connectivity index (χ0n) is 15.7. The molecule has 1 saturated heterocycles. The molecule has 2 aromatic carbocycles. The monoisotopic (exact) mass is 388 g/mol. The van der Waals surface area contributed by atoms with Crippen LogP contribution in [-0.2, 0) is 12.8 Å². The normalized spacial score (nSPS) is 18.9. The van der Waals surface area contributed by atoms with E-state index in [-0.39, 0.29) is 18.9 Å². The highest BCUT2D eigenvalue weighted by atomic mass is 19.3. The number of halogens is 2. The summed E-state index contributed by atoms with van der Waals surface area (Å²) in [5, 5.41) is 12.2. The van der Waals surface area contributed by atoms with Gasteiger partial charge in [-0.3, -0.25) is 0 Å². The molecule has 6 heteroatoms. The predicted molar refractivity (Wildman–Crippen MR) is 104 cm³/mol. The van der Waals surface area contributed by atoms with Crippen LogP contribution in [0.4, 0.5) is 13.6 Å². The number of carbonyl (C=O) groups is 1. The second kappa shape index (κ2) is 9.15. The van der Waals surface area contributed by atoms with Crippen LogP contribution in [-0.4, -0.2) is 47.7 Å². The molecule has 1 fully saturated rings. The van der Waals surface area contributed by atoms with Crippen molar-refractivity contribution in [2.24, 2.45) is 5.92 Å². The van der Waals surface area contributed by atoms with Crippen LogP contribution in [0.5, 0.6) is 0 Å². The molecule has 2 amide bonds. The minimum absolute atomic E-state index is 0.113. The lowest BCUT2D eigenvalue weighted by molar-refractivity contribution is -0.141. The standard InChI is InChI=1S/C22H26F2N2O2/c23-22(24)16-26(12-11-20(22)27)21(28)25-15-19(13-17-7-3-1-4-8-17)14-18-9-5-2-6-10-18/h1-10,19-20,27H,11-16H2,(H,25,28). The average Bonchev–Trinajstić information content (AvgIpc) is 2.69. The molecule has 0 aromatic heterocycles. The quantitative estimate of drug-likeness (QED) is 0.796. The summed E-state index contributed by atoms with van der Waals surface area (Å²) in [6, 6.07) is 19.5. The van der Waals surface area contributed by atoms with E-state index in [2.05, 4.69) is 5.32 Å². The van der Waals surface area contributed by atoms with Gasteiger partial charge >= 0.3 is 6.03 Å². The van der Waals surface area contributed by atoms with Crippen LogP contribution in [0.2, 0.25) is 0 Å². The fraction of sp³-hybridized carbons (Fsp3) is 0.409. The SMILES string of the molecule is O=C(NCC(Cc1ccccc1)Cc1ccccc1)N1CCC(O)C(F)(F)C1. The second-order valence-corrected chi connectivity index (χ2v) is 7.42. The Balaban J connectivity index is 1.61. The topological polar surface area (TPSA) is 52.6 Å². The number of aliphatic hydroxyl groups is 1. The summed E-state index contributed by atoms with van der Waals surface area (Å²) < 4.78 is 27.4. The van der Waals surface area contributed by atoms with E-state index in [9.17, 15) is 18.7 Å². The molecule has 1 atom stereocenters. The van der Waals surface area contributed by atoms with Crippen LogP contribution >= 0.6 is 0 Å². The molecule has 0 bridgehead atoms. The maximum atomic E-state index is 13.7. The number of urea groups is 1. The van der Waals surface area contributed by atoms with Gasteiger partial charge in [0.25, 0.3) is 5.92 Å². The average molecular weight is 388 g/mol. The molecule has 28 heavy (non-hydrogen) atoms. The number of nitrogens with one attached hydrogen (secondary N) is 1. The number of likely N-dealkylation sites (tertiary alicyclic amines) is 1. The Labute approximate surface area is 164 Å². The number of hydrogen-bond acceptors (Lipinski definition) is 2. The Morgan fingerprint density at radius 3 is 2.11 bits per heavy atom. The number of aliphatic hydroxyl groups excluding tert-OH is 1. The molecule has 4 nitrogen and oxygen atoms in total. The molecule has 1 heterocycles. The van der Waals surface area contributed by atoms with E-state index < -0.39 is 24.6 Å². The molecule has 1 unspecified atom stereocenters. The van der Waals surface area contributed by atoms with Crippen LogP contribution in [0.3, 0.4) is 0 Å². The first-order valence-corrected chi connectivity index (χ1v) is 9.60.